The minimum absolute atomic E-state index is 0.0403. The molecule has 18 heavy (non-hydrogen) atoms. The number of para-hydroxylation sites is 1. The van der Waals surface area contributed by atoms with Gasteiger partial charge in [0.2, 0.25) is 5.88 Å². The Morgan fingerprint density at radius 1 is 1.39 bits per heavy atom. The lowest BCUT2D eigenvalue weighted by Crippen LogP contribution is -2.16. The number of benzene rings is 1. The van der Waals surface area contributed by atoms with Gasteiger partial charge in [-0.25, -0.2) is 13.8 Å². The molecule has 3 N–H and O–H groups in total. The van der Waals surface area contributed by atoms with E-state index in [1.54, 1.807) is 24.3 Å². The Bertz CT molecular complexity index is 587. The van der Waals surface area contributed by atoms with E-state index in [9.17, 15) is 8.78 Å². The lowest BCUT2D eigenvalue weighted by molar-refractivity contribution is 0.0796. The lowest BCUT2D eigenvalue weighted by atomic mass is 10.1. The normalized spacial score (nSPS) is 10.8. The van der Waals surface area contributed by atoms with Crippen LogP contribution in [0.25, 0.3) is 10.9 Å². The molecule has 1 heterocycles. The second-order valence-corrected chi connectivity index (χ2v) is 3.65. The Labute approximate surface area is 102 Å². The van der Waals surface area contributed by atoms with Gasteiger partial charge >= 0.3 is 0 Å². The molecule has 0 unspecified atom stereocenters. The summed E-state index contributed by atoms with van der Waals surface area (Å²) in [6, 6.07) is 8.72. The topological polar surface area (TPSA) is 72.0 Å². The van der Waals surface area contributed by atoms with Crippen LogP contribution in [-0.2, 0) is 0 Å². The highest BCUT2D eigenvalue weighted by Gasteiger charge is 2.13. The van der Waals surface area contributed by atoms with Gasteiger partial charge in [-0.2, -0.15) is 0 Å². The predicted octanol–water partition coefficient (Wildman–Crippen LogP) is 2.16. The van der Waals surface area contributed by atoms with E-state index >= 15 is 0 Å². The SMILES string of the molecule is N=C(N)c1cc2ccccc2nc1OCC(F)F. The third kappa shape index (κ3) is 2.53. The first-order chi connectivity index (χ1) is 8.58. The van der Waals surface area contributed by atoms with Gasteiger partial charge in [0, 0.05) is 5.39 Å². The van der Waals surface area contributed by atoms with Gasteiger partial charge in [-0.1, -0.05) is 18.2 Å². The molecule has 0 atom stereocenters. The van der Waals surface area contributed by atoms with Gasteiger partial charge < -0.3 is 10.5 Å². The van der Waals surface area contributed by atoms with Gasteiger partial charge in [-0.3, -0.25) is 5.41 Å². The molecule has 0 radical (unpaired) electrons. The molecule has 0 aliphatic heterocycles. The molecule has 6 heteroatoms. The summed E-state index contributed by atoms with van der Waals surface area (Å²) in [4.78, 5) is 4.09. The standard InChI is InChI=1S/C12H11F2N3O/c13-10(14)6-18-12-8(11(15)16)5-7-3-1-2-4-9(7)17-12/h1-5,10H,6H2,(H3,15,16). The third-order valence-electron chi connectivity index (χ3n) is 2.33. The number of nitrogens with one attached hydrogen (secondary N) is 1. The van der Waals surface area contributed by atoms with Crippen LogP contribution in [0.5, 0.6) is 5.88 Å². The molecular formula is C12H11F2N3O. The first kappa shape index (κ1) is 12.2. The maximum Gasteiger partial charge on any atom is 0.272 e. The Balaban J connectivity index is 2.47. The number of rotatable bonds is 4. The van der Waals surface area contributed by atoms with Crippen LogP contribution in [0.15, 0.2) is 30.3 Å². The first-order valence-corrected chi connectivity index (χ1v) is 5.23. The van der Waals surface area contributed by atoms with Crippen molar-refractivity contribution in [1.82, 2.24) is 4.98 Å². The molecule has 4 nitrogen and oxygen atoms in total. The maximum absolute atomic E-state index is 12.1. The van der Waals surface area contributed by atoms with Crippen molar-refractivity contribution in [2.24, 2.45) is 5.73 Å². The lowest BCUT2D eigenvalue weighted by Gasteiger charge is -2.10. The number of amidine groups is 1. The van der Waals surface area contributed by atoms with E-state index < -0.39 is 13.0 Å². The Kier molecular flexibility index (Phi) is 3.36. The molecule has 0 aliphatic rings. The van der Waals surface area contributed by atoms with Crippen LogP contribution in [0.4, 0.5) is 8.78 Å². The summed E-state index contributed by atoms with van der Waals surface area (Å²) >= 11 is 0. The zero-order chi connectivity index (χ0) is 13.1. The van der Waals surface area contributed by atoms with Crippen molar-refractivity contribution < 1.29 is 13.5 Å². The fourth-order valence-corrected chi connectivity index (χ4v) is 1.54. The number of pyridine rings is 1. The van der Waals surface area contributed by atoms with Crippen LogP contribution in [0.2, 0.25) is 0 Å². The van der Waals surface area contributed by atoms with E-state index in [0.717, 1.165) is 5.39 Å². The Morgan fingerprint density at radius 2 is 2.11 bits per heavy atom. The molecule has 0 amide bonds. The molecule has 94 valence electrons. The summed E-state index contributed by atoms with van der Waals surface area (Å²) in [5, 5.41) is 8.18. The molecule has 0 fully saturated rings. The van der Waals surface area contributed by atoms with E-state index in [1.807, 2.05) is 6.07 Å². The second-order valence-electron chi connectivity index (χ2n) is 3.65. The van der Waals surface area contributed by atoms with Crippen molar-refractivity contribution in [3.8, 4) is 5.88 Å². The fourth-order valence-electron chi connectivity index (χ4n) is 1.54. The average Bonchev–Trinajstić information content (AvgIpc) is 2.35. The van der Waals surface area contributed by atoms with Crippen molar-refractivity contribution in [1.29, 1.82) is 5.41 Å². The molecule has 1 aromatic carbocycles. The van der Waals surface area contributed by atoms with E-state index in [-0.39, 0.29) is 17.3 Å². The van der Waals surface area contributed by atoms with Gasteiger partial charge in [0.1, 0.15) is 5.84 Å². The molecule has 2 aromatic rings. The van der Waals surface area contributed by atoms with Crippen LogP contribution < -0.4 is 10.5 Å². The van der Waals surface area contributed by atoms with E-state index in [1.165, 1.54) is 0 Å². The number of ether oxygens (including phenoxy) is 1. The van der Waals surface area contributed by atoms with Crippen molar-refractivity contribution in [3.63, 3.8) is 0 Å². The number of nitrogens with zero attached hydrogens (tertiary/aromatic N) is 1. The summed E-state index contributed by atoms with van der Waals surface area (Å²) in [6.45, 7) is -0.772. The maximum atomic E-state index is 12.1. The summed E-state index contributed by atoms with van der Waals surface area (Å²) < 4.78 is 29.1. The van der Waals surface area contributed by atoms with Crippen molar-refractivity contribution in [2.75, 3.05) is 6.61 Å². The van der Waals surface area contributed by atoms with Gasteiger partial charge in [0.05, 0.1) is 11.1 Å². The van der Waals surface area contributed by atoms with Crippen LogP contribution in [0.3, 0.4) is 0 Å². The highest BCUT2D eigenvalue weighted by molar-refractivity contribution is 6.00. The van der Waals surface area contributed by atoms with Crippen molar-refractivity contribution in [2.45, 2.75) is 6.43 Å². The number of halogens is 2. The zero-order valence-corrected chi connectivity index (χ0v) is 9.36. The number of fused-ring (bicyclic) bond motifs is 1. The largest absolute Gasteiger partial charge is 0.471 e. The van der Waals surface area contributed by atoms with Crippen LogP contribution in [-0.4, -0.2) is 23.9 Å². The predicted molar refractivity (Wildman–Crippen MR) is 64.3 cm³/mol. The average molecular weight is 251 g/mol. The molecular weight excluding hydrogens is 240 g/mol. The quantitative estimate of drug-likeness (QED) is 0.646. The summed E-state index contributed by atoms with van der Waals surface area (Å²) in [5.74, 6) is -0.306. The van der Waals surface area contributed by atoms with Crippen LogP contribution >= 0.6 is 0 Å². The Morgan fingerprint density at radius 3 is 2.78 bits per heavy atom. The van der Waals surface area contributed by atoms with E-state index in [2.05, 4.69) is 4.98 Å². The van der Waals surface area contributed by atoms with E-state index in [0.29, 0.717) is 5.52 Å². The summed E-state index contributed by atoms with van der Waals surface area (Å²) in [7, 11) is 0. The van der Waals surface area contributed by atoms with Crippen molar-refractivity contribution in [3.05, 3.63) is 35.9 Å². The van der Waals surface area contributed by atoms with Crippen molar-refractivity contribution >= 4 is 16.7 Å². The molecule has 0 aliphatic carbocycles. The highest BCUT2D eigenvalue weighted by atomic mass is 19.3. The van der Waals surface area contributed by atoms with Gasteiger partial charge in [-0.05, 0) is 12.1 Å². The molecule has 0 spiro atoms. The minimum atomic E-state index is -2.60. The minimum Gasteiger partial charge on any atom is -0.471 e. The molecule has 0 saturated carbocycles. The number of nitrogens with two attached hydrogens (primary N) is 1. The van der Waals surface area contributed by atoms with Gasteiger partial charge in [0.15, 0.2) is 6.61 Å². The second kappa shape index (κ2) is 4.95. The number of hydrogen-bond acceptors (Lipinski definition) is 3. The first-order valence-electron chi connectivity index (χ1n) is 5.23. The number of aromatic nitrogens is 1. The zero-order valence-electron chi connectivity index (χ0n) is 9.36. The van der Waals surface area contributed by atoms with Gasteiger partial charge in [-0.15, -0.1) is 0 Å². The molecule has 0 saturated heterocycles. The monoisotopic (exact) mass is 251 g/mol. The number of alkyl halides is 2. The number of nitrogen functional groups attached to an aromatic ring is 1. The molecule has 0 bridgehead atoms. The van der Waals surface area contributed by atoms with Gasteiger partial charge in [0.25, 0.3) is 6.43 Å². The molecule has 2 rings (SSSR count). The summed E-state index contributed by atoms with van der Waals surface area (Å²) in [5.41, 5.74) is 6.21. The van der Waals surface area contributed by atoms with E-state index in [4.69, 9.17) is 15.9 Å². The Hall–Kier alpha value is -2.24. The number of hydrogen-bond donors (Lipinski definition) is 2. The fraction of sp³-hybridized carbons (Fsp3) is 0.167. The smallest absolute Gasteiger partial charge is 0.272 e. The summed E-state index contributed by atoms with van der Waals surface area (Å²) in [6.07, 6.45) is -2.60. The third-order valence-corrected chi connectivity index (χ3v) is 2.33. The highest BCUT2D eigenvalue weighted by Crippen LogP contribution is 2.22. The molecule has 1 aromatic heterocycles. The van der Waals surface area contributed by atoms with Crippen LogP contribution in [0.1, 0.15) is 5.56 Å². The van der Waals surface area contributed by atoms with Crippen LogP contribution in [0, 0.1) is 5.41 Å².